The number of carbonyl (C=O) groups excluding carboxylic acids is 1. The molecular formula is C14H21N3O2. The molecule has 0 aliphatic heterocycles. The molecule has 0 spiro atoms. The largest absolute Gasteiger partial charge is 0.350 e. The zero-order chi connectivity index (χ0) is 13.8. The van der Waals surface area contributed by atoms with Crippen molar-refractivity contribution < 1.29 is 4.79 Å². The van der Waals surface area contributed by atoms with Crippen molar-refractivity contribution in [1.29, 1.82) is 0 Å². The highest BCUT2D eigenvalue weighted by molar-refractivity contribution is 5.93. The zero-order valence-corrected chi connectivity index (χ0v) is 11.6. The summed E-state index contributed by atoms with van der Waals surface area (Å²) in [5.41, 5.74) is -0.0816. The average molecular weight is 263 g/mol. The fourth-order valence-electron chi connectivity index (χ4n) is 2.53. The van der Waals surface area contributed by atoms with E-state index < -0.39 is 0 Å². The fourth-order valence-corrected chi connectivity index (χ4v) is 2.53. The first-order valence-corrected chi connectivity index (χ1v) is 6.98. The van der Waals surface area contributed by atoms with E-state index >= 15 is 0 Å². The van der Waals surface area contributed by atoms with E-state index in [0.29, 0.717) is 0 Å². The normalized spacial score (nSPS) is 16.6. The minimum absolute atomic E-state index is 0.0168. The molecule has 0 aromatic carbocycles. The van der Waals surface area contributed by atoms with Gasteiger partial charge in [-0.05, 0) is 32.8 Å². The second-order valence-corrected chi connectivity index (χ2v) is 5.41. The van der Waals surface area contributed by atoms with Gasteiger partial charge in [0.05, 0.1) is 6.04 Å². The van der Waals surface area contributed by atoms with Crippen molar-refractivity contribution in [3.05, 3.63) is 28.2 Å². The van der Waals surface area contributed by atoms with Crippen LogP contribution in [0.3, 0.4) is 0 Å². The predicted molar refractivity (Wildman–Crippen MR) is 73.2 cm³/mol. The number of hydrogen-bond acceptors (Lipinski definition) is 3. The minimum atomic E-state index is -0.313. The summed E-state index contributed by atoms with van der Waals surface area (Å²) in [7, 11) is 0. The van der Waals surface area contributed by atoms with Gasteiger partial charge in [0.1, 0.15) is 5.56 Å². The average Bonchev–Trinajstić information content (AvgIpc) is 2.39. The number of rotatable bonds is 3. The second kappa shape index (κ2) is 5.99. The molecule has 19 heavy (non-hydrogen) atoms. The molecule has 2 rings (SSSR count). The number of aromatic nitrogens is 2. The number of amides is 1. The minimum Gasteiger partial charge on any atom is -0.350 e. The summed E-state index contributed by atoms with van der Waals surface area (Å²) in [4.78, 5) is 24.3. The molecule has 1 fully saturated rings. The Bertz CT molecular complexity index is 502. The third kappa shape index (κ3) is 3.22. The number of nitrogens with zero attached hydrogens (tertiary/aromatic N) is 2. The standard InChI is InChI=1S/C14H21N3O2/c1-10(2)16-13(18)12-8-9-15-17(14(12)19)11-6-4-3-5-7-11/h8-11H,3-7H2,1-2H3,(H,16,18). The van der Waals surface area contributed by atoms with Crippen LogP contribution in [0.5, 0.6) is 0 Å². The van der Waals surface area contributed by atoms with E-state index in [1.165, 1.54) is 17.2 Å². The van der Waals surface area contributed by atoms with Crippen LogP contribution >= 0.6 is 0 Å². The summed E-state index contributed by atoms with van der Waals surface area (Å²) >= 11 is 0. The van der Waals surface area contributed by atoms with Crippen LogP contribution in [0.15, 0.2) is 17.1 Å². The highest BCUT2D eigenvalue weighted by Crippen LogP contribution is 2.26. The first-order valence-electron chi connectivity index (χ1n) is 6.98. The van der Waals surface area contributed by atoms with E-state index in [4.69, 9.17) is 0 Å². The SMILES string of the molecule is CC(C)NC(=O)c1ccnn(C2CCCCC2)c1=O. The molecule has 5 heteroatoms. The van der Waals surface area contributed by atoms with Gasteiger partial charge < -0.3 is 5.32 Å². The fraction of sp³-hybridized carbons (Fsp3) is 0.643. The smallest absolute Gasteiger partial charge is 0.279 e. The maximum Gasteiger partial charge on any atom is 0.279 e. The molecule has 0 radical (unpaired) electrons. The lowest BCUT2D eigenvalue weighted by atomic mass is 9.95. The van der Waals surface area contributed by atoms with Gasteiger partial charge >= 0.3 is 0 Å². The topological polar surface area (TPSA) is 64.0 Å². The molecule has 1 N–H and O–H groups in total. The van der Waals surface area contributed by atoms with Crippen molar-refractivity contribution in [3.63, 3.8) is 0 Å². The highest BCUT2D eigenvalue weighted by atomic mass is 16.2. The van der Waals surface area contributed by atoms with Crippen LogP contribution in [0.25, 0.3) is 0 Å². The van der Waals surface area contributed by atoms with Crippen LogP contribution in [0, 0.1) is 0 Å². The van der Waals surface area contributed by atoms with E-state index in [9.17, 15) is 9.59 Å². The lowest BCUT2D eigenvalue weighted by Crippen LogP contribution is -2.38. The number of carbonyl (C=O) groups is 1. The molecule has 104 valence electrons. The van der Waals surface area contributed by atoms with Gasteiger partial charge in [-0.1, -0.05) is 19.3 Å². The van der Waals surface area contributed by atoms with Crippen LogP contribution < -0.4 is 10.9 Å². The number of hydrogen-bond donors (Lipinski definition) is 1. The summed E-state index contributed by atoms with van der Waals surface area (Å²) in [6.45, 7) is 3.75. The van der Waals surface area contributed by atoms with Crippen molar-refractivity contribution in [2.24, 2.45) is 0 Å². The van der Waals surface area contributed by atoms with Crippen LogP contribution in [0.4, 0.5) is 0 Å². The summed E-state index contributed by atoms with van der Waals surface area (Å²) in [5, 5.41) is 6.90. The Hall–Kier alpha value is -1.65. The van der Waals surface area contributed by atoms with Crippen LogP contribution in [-0.2, 0) is 0 Å². The zero-order valence-electron chi connectivity index (χ0n) is 11.6. The van der Waals surface area contributed by atoms with Gasteiger partial charge in [0.2, 0.25) is 0 Å². The van der Waals surface area contributed by atoms with E-state index in [1.54, 1.807) is 6.20 Å². The van der Waals surface area contributed by atoms with Crippen LogP contribution in [0.1, 0.15) is 62.4 Å². The second-order valence-electron chi connectivity index (χ2n) is 5.41. The van der Waals surface area contributed by atoms with E-state index in [2.05, 4.69) is 10.4 Å². The third-order valence-electron chi connectivity index (χ3n) is 3.46. The summed E-state index contributed by atoms with van der Waals surface area (Å²) < 4.78 is 1.49. The molecule has 1 heterocycles. The Morgan fingerprint density at radius 1 is 1.37 bits per heavy atom. The molecule has 0 unspecified atom stereocenters. The Morgan fingerprint density at radius 2 is 2.05 bits per heavy atom. The first-order chi connectivity index (χ1) is 9.09. The van der Waals surface area contributed by atoms with Crippen molar-refractivity contribution in [1.82, 2.24) is 15.1 Å². The highest BCUT2D eigenvalue weighted by Gasteiger charge is 2.20. The monoisotopic (exact) mass is 263 g/mol. The molecule has 1 amide bonds. The molecule has 0 atom stereocenters. The first kappa shape index (κ1) is 13.8. The number of nitrogens with one attached hydrogen (secondary N) is 1. The molecular weight excluding hydrogens is 242 g/mol. The molecule has 0 saturated heterocycles. The van der Waals surface area contributed by atoms with Gasteiger partial charge in [0.25, 0.3) is 11.5 Å². The van der Waals surface area contributed by atoms with Gasteiger partial charge in [-0.2, -0.15) is 5.10 Å². The molecule has 1 saturated carbocycles. The van der Waals surface area contributed by atoms with Crippen LogP contribution in [0.2, 0.25) is 0 Å². The summed E-state index contributed by atoms with van der Waals surface area (Å²) in [6.07, 6.45) is 6.97. The van der Waals surface area contributed by atoms with E-state index in [1.807, 2.05) is 13.8 Å². The molecule has 1 aromatic rings. The third-order valence-corrected chi connectivity index (χ3v) is 3.46. The van der Waals surface area contributed by atoms with Gasteiger partial charge in [-0.3, -0.25) is 9.59 Å². The summed E-state index contributed by atoms with van der Waals surface area (Å²) in [6, 6.07) is 1.66. The Morgan fingerprint density at radius 3 is 2.68 bits per heavy atom. The molecule has 5 nitrogen and oxygen atoms in total. The van der Waals surface area contributed by atoms with Crippen molar-refractivity contribution in [3.8, 4) is 0 Å². The molecule has 1 aliphatic carbocycles. The van der Waals surface area contributed by atoms with Crippen molar-refractivity contribution in [2.75, 3.05) is 0 Å². The van der Waals surface area contributed by atoms with Gasteiger partial charge in [-0.15, -0.1) is 0 Å². The maximum absolute atomic E-state index is 12.3. The van der Waals surface area contributed by atoms with Crippen molar-refractivity contribution in [2.45, 2.75) is 58.0 Å². The summed E-state index contributed by atoms with van der Waals surface area (Å²) in [5.74, 6) is -0.313. The van der Waals surface area contributed by atoms with Crippen LogP contribution in [-0.4, -0.2) is 21.7 Å². The van der Waals surface area contributed by atoms with E-state index in [0.717, 1.165) is 25.7 Å². The van der Waals surface area contributed by atoms with Crippen molar-refractivity contribution >= 4 is 5.91 Å². The predicted octanol–water partition coefficient (Wildman–Crippen LogP) is 1.89. The molecule has 0 bridgehead atoms. The Kier molecular flexibility index (Phi) is 4.35. The van der Waals surface area contributed by atoms with Gasteiger partial charge in [0, 0.05) is 12.2 Å². The molecule has 1 aliphatic rings. The maximum atomic E-state index is 12.3. The Labute approximate surface area is 113 Å². The van der Waals surface area contributed by atoms with Gasteiger partial charge in [0.15, 0.2) is 0 Å². The lowest BCUT2D eigenvalue weighted by molar-refractivity contribution is 0.0940. The lowest BCUT2D eigenvalue weighted by Gasteiger charge is -2.22. The Balaban J connectivity index is 2.27. The van der Waals surface area contributed by atoms with E-state index in [-0.39, 0.29) is 29.1 Å². The van der Waals surface area contributed by atoms with Gasteiger partial charge in [-0.25, -0.2) is 4.68 Å². The quantitative estimate of drug-likeness (QED) is 0.905. The molecule has 1 aromatic heterocycles.